The van der Waals surface area contributed by atoms with E-state index >= 15 is 0 Å². The van der Waals surface area contributed by atoms with E-state index < -0.39 is 10.0 Å². The van der Waals surface area contributed by atoms with Gasteiger partial charge < -0.3 is 10.7 Å². The number of hydrogen-bond acceptors (Lipinski definition) is 5. The lowest BCUT2D eigenvalue weighted by molar-refractivity contribution is 0.0956. The number of sulfonamides is 1. The number of nitrogen functional groups attached to an aromatic ring is 1. The van der Waals surface area contributed by atoms with Crippen LogP contribution in [0.15, 0.2) is 24.3 Å². The maximum Gasteiger partial charge on any atom is 0.251 e. The van der Waals surface area contributed by atoms with Crippen LogP contribution >= 0.6 is 0 Å². The van der Waals surface area contributed by atoms with Gasteiger partial charge in [-0.25, -0.2) is 13.1 Å². The Balaban J connectivity index is 2.47. The molecule has 0 aliphatic heterocycles. The summed E-state index contributed by atoms with van der Waals surface area (Å²) in [7, 11) is -3.31. The van der Waals surface area contributed by atoms with E-state index in [0.717, 1.165) is 0 Å². The monoisotopic (exact) mass is 286 g/mol. The van der Waals surface area contributed by atoms with Gasteiger partial charge in [-0.3, -0.25) is 10.6 Å². The predicted molar refractivity (Wildman–Crippen MR) is 74.0 cm³/mol. The zero-order valence-electron chi connectivity index (χ0n) is 10.6. The highest BCUT2D eigenvalue weighted by Gasteiger charge is 2.10. The molecule has 5 N–H and O–H groups in total. The highest BCUT2D eigenvalue weighted by Crippen LogP contribution is 2.07. The first-order valence-corrected chi connectivity index (χ1v) is 7.46. The van der Waals surface area contributed by atoms with Crippen LogP contribution in [-0.2, 0) is 10.0 Å². The number of anilines is 1. The van der Waals surface area contributed by atoms with E-state index in [1.54, 1.807) is 31.2 Å². The van der Waals surface area contributed by atoms with Gasteiger partial charge in [0.2, 0.25) is 10.0 Å². The van der Waals surface area contributed by atoms with Crippen molar-refractivity contribution in [3.05, 3.63) is 29.8 Å². The summed E-state index contributed by atoms with van der Waals surface area (Å²) in [4.78, 5) is 11.7. The normalized spacial score (nSPS) is 11.1. The molecule has 106 valence electrons. The first kappa shape index (κ1) is 15.4. The number of benzene rings is 1. The summed E-state index contributed by atoms with van der Waals surface area (Å²) < 4.78 is 25.0. The summed E-state index contributed by atoms with van der Waals surface area (Å²) in [6.07, 6.45) is 0. The third-order valence-corrected chi connectivity index (χ3v) is 3.80. The van der Waals surface area contributed by atoms with Crippen molar-refractivity contribution in [1.29, 1.82) is 0 Å². The topological polar surface area (TPSA) is 113 Å². The van der Waals surface area contributed by atoms with Gasteiger partial charge in [0.1, 0.15) is 0 Å². The molecule has 1 aromatic carbocycles. The number of amides is 1. The second-order valence-corrected chi connectivity index (χ2v) is 5.72. The molecule has 0 saturated heterocycles. The Kier molecular flexibility index (Phi) is 5.74. The van der Waals surface area contributed by atoms with E-state index in [9.17, 15) is 13.2 Å². The van der Waals surface area contributed by atoms with Crippen molar-refractivity contribution in [2.75, 3.05) is 24.3 Å². The van der Waals surface area contributed by atoms with Gasteiger partial charge in [0.05, 0.1) is 5.75 Å². The SMILES string of the molecule is CCNS(=O)(=O)CCNC(=O)c1ccc(NN)cc1. The second kappa shape index (κ2) is 7.07. The van der Waals surface area contributed by atoms with Crippen molar-refractivity contribution in [2.45, 2.75) is 6.92 Å². The third kappa shape index (κ3) is 5.25. The Morgan fingerprint density at radius 2 is 1.89 bits per heavy atom. The number of carbonyl (C=O) groups is 1. The van der Waals surface area contributed by atoms with E-state index in [1.807, 2.05) is 0 Å². The maximum absolute atomic E-state index is 11.7. The van der Waals surface area contributed by atoms with Gasteiger partial charge in [-0.2, -0.15) is 0 Å². The minimum Gasteiger partial charge on any atom is -0.351 e. The molecule has 0 fully saturated rings. The zero-order chi connectivity index (χ0) is 14.3. The van der Waals surface area contributed by atoms with E-state index in [2.05, 4.69) is 15.5 Å². The predicted octanol–water partition coefficient (Wildman–Crippen LogP) is -0.359. The number of nitrogens with two attached hydrogens (primary N) is 1. The number of rotatable bonds is 7. The largest absolute Gasteiger partial charge is 0.351 e. The fourth-order valence-corrected chi connectivity index (χ4v) is 2.37. The van der Waals surface area contributed by atoms with Crippen LogP contribution in [0.4, 0.5) is 5.69 Å². The van der Waals surface area contributed by atoms with Gasteiger partial charge in [0.15, 0.2) is 0 Å². The van der Waals surface area contributed by atoms with Crippen LogP contribution in [-0.4, -0.2) is 33.2 Å². The molecule has 0 saturated carbocycles. The smallest absolute Gasteiger partial charge is 0.251 e. The molecular formula is C11H18N4O3S. The second-order valence-electron chi connectivity index (χ2n) is 3.79. The summed E-state index contributed by atoms with van der Waals surface area (Å²) in [6.45, 7) is 2.10. The summed E-state index contributed by atoms with van der Waals surface area (Å²) in [5.74, 6) is 4.74. The van der Waals surface area contributed by atoms with Crippen LogP contribution in [0.1, 0.15) is 17.3 Å². The van der Waals surface area contributed by atoms with Crippen LogP contribution in [0, 0.1) is 0 Å². The minimum atomic E-state index is -3.31. The third-order valence-electron chi connectivity index (χ3n) is 2.33. The highest BCUT2D eigenvalue weighted by molar-refractivity contribution is 7.89. The molecule has 0 heterocycles. The summed E-state index contributed by atoms with van der Waals surface area (Å²) >= 11 is 0. The Morgan fingerprint density at radius 3 is 2.42 bits per heavy atom. The quantitative estimate of drug-likeness (QED) is 0.404. The molecule has 0 bridgehead atoms. The standard InChI is InChI=1S/C11H18N4O3S/c1-2-14-19(17,18)8-7-13-11(16)9-3-5-10(15-12)6-4-9/h3-6,14-15H,2,7-8,12H2,1H3,(H,13,16). The lowest BCUT2D eigenvalue weighted by atomic mass is 10.2. The first-order chi connectivity index (χ1) is 8.98. The number of hydrazine groups is 1. The summed E-state index contributed by atoms with van der Waals surface area (Å²) in [6, 6.07) is 6.52. The maximum atomic E-state index is 11.7. The number of hydrogen-bond donors (Lipinski definition) is 4. The Hall–Kier alpha value is -1.64. The molecule has 1 amide bonds. The van der Waals surface area contributed by atoms with Gasteiger partial charge in [0, 0.05) is 24.3 Å². The van der Waals surface area contributed by atoms with Gasteiger partial charge in [0.25, 0.3) is 5.91 Å². The molecule has 0 aliphatic carbocycles. The van der Waals surface area contributed by atoms with Crippen molar-refractivity contribution in [2.24, 2.45) is 5.84 Å². The molecule has 0 atom stereocenters. The van der Waals surface area contributed by atoms with E-state index in [-0.39, 0.29) is 18.2 Å². The molecule has 8 heteroatoms. The lowest BCUT2D eigenvalue weighted by Crippen LogP contribution is -2.34. The van der Waals surface area contributed by atoms with Crippen molar-refractivity contribution < 1.29 is 13.2 Å². The van der Waals surface area contributed by atoms with Gasteiger partial charge in [-0.05, 0) is 24.3 Å². The molecule has 19 heavy (non-hydrogen) atoms. The summed E-state index contributed by atoms with van der Waals surface area (Å²) in [5.41, 5.74) is 3.58. The van der Waals surface area contributed by atoms with Crippen LogP contribution < -0.4 is 21.3 Å². The molecule has 0 aliphatic rings. The van der Waals surface area contributed by atoms with Crippen molar-refractivity contribution in [3.8, 4) is 0 Å². The van der Waals surface area contributed by atoms with Gasteiger partial charge in [-0.15, -0.1) is 0 Å². The Bertz CT molecular complexity index is 513. The zero-order valence-corrected chi connectivity index (χ0v) is 11.5. The molecule has 0 spiro atoms. The number of nitrogens with one attached hydrogen (secondary N) is 3. The Labute approximate surface area is 112 Å². The number of carbonyl (C=O) groups excluding carboxylic acids is 1. The van der Waals surface area contributed by atoms with Crippen molar-refractivity contribution in [3.63, 3.8) is 0 Å². The molecule has 0 aromatic heterocycles. The molecular weight excluding hydrogens is 268 g/mol. The average molecular weight is 286 g/mol. The van der Waals surface area contributed by atoms with E-state index in [4.69, 9.17) is 5.84 Å². The average Bonchev–Trinajstić information content (AvgIpc) is 2.38. The molecule has 0 radical (unpaired) electrons. The first-order valence-electron chi connectivity index (χ1n) is 5.80. The molecule has 1 rings (SSSR count). The van der Waals surface area contributed by atoms with Crippen LogP contribution in [0.3, 0.4) is 0 Å². The van der Waals surface area contributed by atoms with E-state index in [0.29, 0.717) is 17.8 Å². The summed E-state index contributed by atoms with van der Waals surface area (Å²) in [5, 5.41) is 2.54. The Morgan fingerprint density at radius 1 is 1.26 bits per heavy atom. The van der Waals surface area contributed by atoms with Crippen molar-refractivity contribution in [1.82, 2.24) is 10.0 Å². The van der Waals surface area contributed by atoms with Gasteiger partial charge >= 0.3 is 0 Å². The fourth-order valence-electron chi connectivity index (χ4n) is 1.41. The highest BCUT2D eigenvalue weighted by atomic mass is 32.2. The fraction of sp³-hybridized carbons (Fsp3) is 0.364. The van der Waals surface area contributed by atoms with E-state index in [1.165, 1.54) is 0 Å². The minimum absolute atomic E-state index is 0.0606. The lowest BCUT2D eigenvalue weighted by Gasteiger charge is -2.07. The van der Waals surface area contributed by atoms with Crippen LogP contribution in [0.2, 0.25) is 0 Å². The molecule has 7 nitrogen and oxygen atoms in total. The van der Waals surface area contributed by atoms with Crippen LogP contribution in [0.25, 0.3) is 0 Å². The molecule has 0 unspecified atom stereocenters. The van der Waals surface area contributed by atoms with Crippen molar-refractivity contribution >= 4 is 21.6 Å². The molecule has 1 aromatic rings. The van der Waals surface area contributed by atoms with Crippen LogP contribution in [0.5, 0.6) is 0 Å². The van der Waals surface area contributed by atoms with Gasteiger partial charge in [-0.1, -0.05) is 6.92 Å².